The number of aromatic nitrogens is 2. The molecule has 5 nitrogen and oxygen atoms in total. The number of aromatic amines is 1. The zero-order chi connectivity index (χ0) is 20.7. The van der Waals surface area contributed by atoms with E-state index in [0.717, 1.165) is 58.3 Å². The molecule has 30 heavy (non-hydrogen) atoms. The van der Waals surface area contributed by atoms with E-state index in [1.807, 2.05) is 23.3 Å². The van der Waals surface area contributed by atoms with E-state index in [9.17, 15) is 4.79 Å². The molecule has 0 bridgehead atoms. The molecule has 3 aromatic heterocycles. The topological polar surface area (TPSA) is 58.2 Å². The summed E-state index contributed by atoms with van der Waals surface area (Å²) in [5, 5.41) is 6.27. The molecule has 1 aliphatic heterocycles. The van der Waals surface area contributed by atoms with Gasteiger partial charge in [0.15, 0.2) is 0 Å². The summed E-state index contributed by atoms with van der Waals surface area (Å²) in [6, 6.07) is 8.20. The lowest BCUT2D eigenvalue weighted by molar-refractivity contribution is 0.0717. The lowest BCUT2D eigenvalue weighted by Gasteiger charge is -2.31. The molecular weight excluding hydrogens is 414 g/mol. The van der Waals surface area contributed by atoms with E-state index in [1.165, 1.54) is 22.3 Å². The highest BCUT2D eigenvalue weighted by Crippen LogP contribution is 2.36. The van der Waals surface area contributed by atoms with Crippen LogP contribution in [-0.4, -0.2) is 41.0 Å². The van der Waals surface area contributed by atoms with Gasteiger partial charge in [-0.15, -0.1) is 11.3 Å². The molecule has 1 saturated heterocycles. The number of aryl methyl sites for hydroxylation is 1. The van der Waals surface area contributed by atoms with Gasteiger partial charge in [0.1, 0.15) is 15.6 Å². The number of hydrogen-bond donors (Lipinski definition) is 1. The molecule has 1 aliphatic rings. The van der Waals surface area contributed by atoms with Crippen molar-refractivity contribution in [3.05, 3.63) is 57.4 Å². The van der Waals surface area contributed by atoms with Gasteiger partial charge < -0.3 is 14.6 Å². The third-order valence-electron chi connectivity index (χ3n) is 5.90. The predicted octanol–water partition coefficient (Wildman–Crippen LogP) is 5.69. The summed E-state index contributed by atoms with van der Waals surface area (Å²) in [4.78, 5) is 23.9. The van der Waals surface area contributed by atoms with E-state index < -0.39 is 0 Å². The second-order valence-corrected chi connectivity index (χ2v) is 9.45. The summed E-state index contributed by atoms with van der Waals surface area (Å²) in [5.41, 5.74) is 4.38. The van der Waals surface area contributed by atoms with Gasteiger partial charge in [-0.3, -0.25) is 4.79 Å². The smallest absolute Gasteiger partial charge is 0.265 e. The number of nitrogens with one attached hydrogen (secondary N) is 1. The van der Waals surface area contributed by atoms with Crippen LogP contribution in [0.15, 0.2) is 41.2 Å². The summed E-state index contributed by atoms with van der Waals surface area (Å²) >= 11 is 3.16. The Bertz CT molecular complexity index is 1180. The standard InChI is InChI=1S/C23H23N3O2S2/c1-14-21(30-22(25-14)16-7-10-29-13-16)23(27)26-8-5-15(6-9-26)19-12-24-20-4-3-17(28-2)11-18(19)20/h3-4,7,10-13,15,24H,5-6,8-9H2,1-2H3. The number of thiophene rings is 1. The van der Waals surface area contributed by atoms with Crippen molar-refractivity contribution < 1.29 is 9.53 Å². The molecule has 0 saturated carbocycles. The van der Waals surface area contributed by atoms with Crippen molar-refractivity contribution in [2.45, 2.75) is 25.7 Å². The highest BCUT2D eigenvalue weighted by Gasteiger charge is 2.28. The van der Waals surface area contributed by atoms with E-state index in [2.05, 4.69) is 39.7 Å². The van der Waals surface area contributed by atoms with Crippen molar-refractivity contribution in [2.24, 2.45) is 0 Å². The Kier molecular flexibility index (Phi) is 5.08. The Balaban J connectivity index is 1.31. The zero-order valence-corrected chi connectivity index (χ0v) is 18.6. The van der Waals surface area contributed by atoms with Crippen LogP contribution in [0.1, 0.15) is 39.7 Å². The molecule has 0 aliphatic carbocycles. The third kappa shape index (κ3) is 3.42. The minimum absolute atomic E-state index is 0.116. The Labute approximate surface area is 183 Å². The van der Waals surface area contributed by atoms with E-state index in [0.29, 0.717) is 5.92 Å². The molecule has 1 fully saturated rings. The number of carbonyl (C=O) groups is 1. The number of piperidine rings is 1. The Hall–Kier alpha value is -2.64. The maximum Gasteiger partial charge on any atom is 0.265 e. The molecule has 0 radical (unpaired) electrons. The summed E-state index contributed by atoms with van der Waals surface area (Å²) in [6.07, 6.45) is 4.04. The van der Waals surface area contributed by atoms with Crippen LogP contribution in [0.2, 0.25) is 0 Å². The highest BCUT2D eigenvalue weighted by atomic mass is 32.1. The highest BCUT2D eigenvalue weighted by molar-refractivity contribution is 7.17. The number of fused-ring (bicyclic) bond motifs is 1. The van der Waals surface area contributed by atoms with Crippen LogP contribution in [0.5, 0.6) is 5.75 Å². The second-order valence-electron chi connectivity index (χ2n) is 7.67. The predicted molar refractivity (Wildman–Crippen MR) is 123 cm³/mol. The summed E-state index contributed by atoms with van der Waals surface area (Å²) in [5.74, 6) is 1.43. The van der Waals surface area contributed by atoms with Crippen molar-refractivity contribution in [2.75, 3.05) is 20.2 Å². The average Bonchev–Trinajstić information content (AvgIpc) is 3.52. The van der Waals surface area contributed by atoms with Crippen molar-refractivity contribution in [1.29, 1.82) is 0 Å². The number of H-pyrrole nitrogens is 1. The Morgan fingerprint density at radius 3 is 2.83 bits per heavy atom. The average molecular weight is 438 g/mol. The van der Waals surface area contributed by atoms with Gasteiger partial charge in [-0.2, -0.15) is 11.3 Å². The number of thiazole rings is 1. The van der Waals surface area contributed by atoms with Crippen LogP contribution >= 0.6 is 22.7 Å². The molecule has 0 spiro atoms. The number of hydrogen-bond acceptors (Lipinski definition) is 5. The van der Waals surface area contributed by atoms with Crippen molar-refractivity contribution >= 4 is 39.5 Å². The number of amides is 1. The maximum atomic E-state index is 13.2. The first-order valence-electron chi connectivity index (χ1n) is 10.1. The zero-order valence-electron chi connectivity index (χ0n) is 17.0. The van der Waals surface area contributed by atoms with E-state index in [4.69, 9.17) is 4.74 Å². The van der Waals surface area contributed by atoms with Gasteiger partial charge in [0.05, 0.1) is 12.8 Å². The number of ether oxygens (including phenoxy) is 1. The Morgan fingerprint density at radius 1 is 1.27 bits per heavy atom. The fourth-order valence-electron chi connectivity index (χ4n) is 4.23. The van der Waals surface area contributed by atoms with E-state index in [1.54, 1.807) is 18.4 Å². The van der Waals surface area contributed by atoms with Gasteiger partial charge in [-0.1, -0.05) is 0 Å². The largest absolute Gasteiger partial charge is 0.497 e. The van der Waals surface area contributed by atoms with Crippen molar-refractivity contribution in [1.82, 2.24) is 14.9 Å². The van der Waals surface area contributed by atoms with Crippen LogP contribution in [0, 0.1) is 6.92 Å². The number of likely N-dealkylation sites (tertiary alicyclic amines) is 1. The number of benzene rings is 1. The van der Waals surface area contributed by atoms with Crippen LogP contribution in [0.3, 0.4) is 0 Å². The quantitative estimate of drug-likeness (QED) is 0.446. The fourth-order valence-corrected chi connectivity index (χ4v) is 5.97. The van der Waals surface area contributed by atoms with Crippen molar-refractivity contribution in [3.63, 3.8) is 0 Å². The summed E-state index contributed by atoms with van der Waals surface area (Å²) < 4.78 is 5.40. The van der Waals surface area contributed by atoms with Crippen LogP contribution < -0.4 is 4.74 Å². The molecule has 1 aromatic carbocycles. The Morgan fingerprint density at radius 2 is 2.10 bits per heavy atom. The van der Waals surface area contributed by atoms with Gasteiger partial charge in [-0.25, -0.2) is 4.98 Å². The SMILES string of the molecule is COc1ccc2[nH]cc(C3CCN(C(=O)c4sc(-c5ccsc5)nc4C)CC3)c2c1. The molecule has 4 aromatic rings. The van der Waals surface area contributed by atoms with E-state index in [-0.39, 0.29) is 5.91 Å². The monoisotopic (exact) mass is 437 g/mol. The van der Waals surface area contributed by atoms with Crippen molar-refractivity contribution in [3.8, 4) is 16.3 Å². The first-order chi connectivity index (χ1) is 14.6. The number of rotatable bonds is 4. The van der Waals surface area contributed by atoms with Gasteiger partial charge in [0.25, 0.3) is 5.91 Å². The van der Waals surface area contributed by atoms with Crippen LogP contribution in [0.25, 0.3) is 21.5 Å². The van der Waals surface area contributed by atoms with Gasteiger partial charge >= 0.3 is 0 Å². The summed E-state index contributed by atoms with van der Waals surface area (Å²) in [6.45, 7) is 3.47. The molecule has 0 atom stereocenters. The number of carbonyl (C=O) groups excluding carboxylic acids is 1. The van der Waals surface area contributed by atoms with E-state index >= 15 is 0 Å². The van der Waals surface area contributed by atoms with Crippen LogP contribution in [0.4, 0.5) is 0 Å². The van der Waals surface area contributed by atoms with Gasteiger partial charge in [0.2, 0.25) is 0 Å². The minimum atomic E-state index is 0.116. The first kappa shape index (κ1) is 19.3. The third-order valence-corrected chi connectivity index (χ3v) is 7.78. The molecule has 5 rings (SSSR count). The molecule has 1 N–H and O–H groups in total. The molecule has 154 valence electrons. The molecule has 0 unspecified atom stereocenters. The summed E-state index contributed by atoms with van der Waals surface area (Å²) in [7, 11) is 1.70. The second kappa shape index (κ2) is 7.89. The number of methoxy groups -OCH3 is 1. The molecule has 7 heteroatoms. The normalized spacial score (nSPS) is 15.1. The van der Waals surface area contributed by atoms with Gasteiger partial charge in [0, 0.05) is 41.1 Å². The lowest BCUT2D eigenvalue weighted by Crippen LogP contribution is -2.37. The van der Waals surface area contributed by atoms with Gasteiger partial charge in [-0.05, 0) is 60.9 Å². The molecule has 4 heterocycles. The maximum absolute atomic E-state index is 13.2. The number of nitrogens with zero attached hydrogens (tertiary/aromatic N) is 2. The fraction of sp³-hybridized carbons (Fsp3) is 0.304. The lowest BCUT2D eigenvalue weighted by atomic mass is 9.89. The molecule has 1 amide bonds. The molecular formula is C23H23N3O2S2. The minimum Gasteiger partial charge on any atom is -0.497 e. The first-order valence-corrected chi connectivity index (χ1v) is 11.8. The van der Waals surface area contributed by atoms with Crippen LogP contribution in [-0.2, 0) is 0 Å².